The molecule has 1 aromatic heterocycles. The molecule has 1 aliphatic heterocycles. The van der Waals surface area contributed by atoms with Gasteiger partial charge < -0.3 is 9.84 Å². The Kier molecular flexibility index (Phi) is 4.83. The lowest BCUT2D eigenvalue weighted by atomic mass is 10.0. The first-order valence-electron chi connectivity index (χ1n) is 8.32. The highest BCUT2D eigenvalue weighted by Gasteiger charge is 2.27. The van der Waals surface area contributed by atoms with Gasteiger partial charge >= 0.3 is 5.97 Å². The van der Waals surface area contributed by atoms with Crippen molar-refractivity contribution in [3.63, 3.8) is 0 Å². The van der Waals surface area contributed by atoms with Crippen LogP contribution in [0, 0.1) is 11.6 Å². The number of fused-ring (bicyclic) bond motifs is 6. The van der Waals surface area contributed by atoms with E-state index < -0.39 is 49.0 Å². The highest BCUT2D eigenvalue weighted by molar-refractivity contribution is 7.92. The number of phenolic OH excluding ortho intramolecular Hbond substituents is 1. The second kappa shape index (κ2) is 7.22. The summed E-state index contributed by atoms with van der Waals surface area (Å²) >= 11 is 5.87. The lowest BCUT2D eigenvalue weighted by Crippen LogP contribution is -2.15. The molecule has 2 N–H and O–H groups in total. The fraction of sp³-hybridized carbons (Fsp3) is 0.0526. The number of cyclic esters (lactones) is 1. The number of phenols is 1. The highest BCUT2D eigenvalue weighted by atomic mass is 35.5. The molecular weight excluding hydrogens is 442 g/mol. The maximum atomic E-state index is 14.5. The predicted molar refractivity (Wildman–Crippen MR) is 103 cm³/mol. The van der Waals surface area contributed by atoms with Gasteiger partial charge in [0.2, 0.25) is 0 Å². The summed E-state index contributed by atoms with van der Waals surface area (Å²) in [6, 6.07) is 4.77. The summed E-state index contributed by atoms with van der Waals surface area (Å²) in [4.78, 5) is 15.6. The van der Waals surface area contributed by atoms with Crippen LogP contribution in [0.4, 0.5) is 14.5 Å². The molecule has 0 unspecified atom stereocenters. The number of nitrogens with zero attached hydrogens (tertiary/aromatic N) is 1. The van der Waals surface area contributed by atoms with E-state index in [4.69, 9.17) is 16.3 Å². The average Bonchev–Trinajstić information content (AvgIpc) is 2.70. The van der Waals surface area contributed by atoms with E-state index in [9.17, 15) is 27.1 Å². The molecule has 0 spiro atoms. The Hall–Kier alpha value is -3.24. The van der Waals surface area contributed by atoms with Crippen molar-refractivity contribution in [1.29, 1.82) is 0 Å². The summed E-state index contributed by atoms with van der Waals surface area (Å²) in [7, 11) is -4.62. The number of nitrogens with one attached hydrogen (secondary N) is 1. The molecule has 0 radical (unpaired) electrons. The van der Waals surface area contributed by atoms with Crippen molar-refractivity contribution in [3.05, 3.63) is 70.5 Å². The molecule has 4 bridgehead atoms. The van der Waals surface area contributed by atoms with Gasteiger partial charge in [-0.05, 0) is 29.8 Å². The number of ether oxygens (including phenoxy) is 1. The number of hydrogen-bond donors (Lipinski definition) is 2. The molecule has 4 rings (SSSR count). The van der Waals surface area contributed by atoms with E-state index in [1.807, 2.05) is 4.72 Å². The summed E-state index contributed by atoms with van der Waals surface area (Å²) in [6.45, 7) is -0.331. The first-order chi connectivity index (χ1) is 14.2. The molecule has 2 aromatic carbocycles. The molecule has 0 saturated heterocycles. The number of esters is 1. The highest BCUT2D eigenvalue weighted by Crippen LogP contribution is 2.36. The predicted octanol–water partition coefficient (Wildman–Crippen LogP) is 3.86. The standard InChI is InChI=1S/C19H11ClF2N2O5S/c20-13-3-9-4-17(18(13)25)30(27,28)24-16-5-12(14(21)6-15(16)22)11-1-2-23-7-10(11)8-29-19(9)26/h1-7,24-25H,8H2. The summed E-state index contributed by atoms with van der Waals surface area (Å²) in [6.07, 6.45) is 2.69. The van der Waals surface area contributed by atoms with Crippen molar-refractivity contribution in [2.24, 2.45) is 0 Å². The number of anilines is 1. The SMILES string of the molecule is O=C1OCc2cnccc2-c2cc(c(F)cc2F)NS(=O)(=O)c2cc1cc(Cl)c2O. The van der Waals surface area contributed by atoms with Gasteiger partial charge in [0, 0.05) is 29.6 Å². The molecule has 30 heavy (non-hydrogen) atoms. The molecule has 0 aliphatic carbocycles. The Balaban J connectivity index is 2.01. The number of hydrogen-bond acceptors (Lipinski definition) is 6. The minimum atomic E-state index is -4.62. The number of carbonyl (C=O) groups is 1. The topological polar surface area (TPSA) is 106 Å². The quantitative estimate of drug-likeness (QED) is 0.502. The maximum absolute atomic E-state index is 14.5. The van der Waals surface area contributed by atoms with Crippen LogP contribution in [0.25, 0.3) is 11.1 Å². The largest absolute Gasteiger partial charge is 0.505 e. The van der Waals surface area contributed by atoms with Crippen molar-refractivity contribution >= 4 is 33.3 Å². The second-order valence-electron chi connectivity index (χ2n) is 6.33. The normalized spacial score (nSPS) is 15.0. The zero-order chi connectivity index (χ0) is 21.6. The lowest BCUT2D eigenvalue weighted by molar-refractivity contribution is 0.0472. The van der Waals surface area contributed by atoms with Gasteiger partial charge in [-0.3, -0.25) is 9.71 Å². The first kappa shape index (κ1) is 20.0. The summed E-state index contributed by atoms with van der Waals surface area (Å²) in [5.74, 6) is -3.93. The average molecular weight is 453 g/mol. The number of aromatic hydroxyl groups is 1. The fourth-order valence-corrected chi connectivity index (χ4v) is 4.44. The van der Waals surface area contributed by atoms with E-state index in [2.05, 4.69) is 4.98 Å². The Morgan fingerprint density at radius 1 is 1.13 bits per heavy atom. The molecule has 11 heteroatoms. The Morgan fingerprint density at radius 3 is 2.67 bits per heavy atom. The molecule has 2 heterocycles. The van der Waals surface area contributed by atoms with Gasteiger partial charge in [-0.15, -0.1) is 0 Å². The van der Waals surface area contributed by atoms with Gasteiger partial charge in [-0.25, -0.2) is 22.0 Å². The number of benzene rings is 2. The van der Waals surface area contributed by atoms with Crippen molar-refractivity contribution in [2.45, 2.75) is 11.5 Å². The molecule has 0 fully saturated rings. The molecule has 0 atom stereocenters. The number of halogens is 3. The Morgan fingerprint density at radius 2 is 1.90 bits per heavy atom. The Labute approximate surface area is 174 Å². The van der Waals surface area contributed by atoms with Crippen molar-refractivity contribution in [2.75, 3.05) is 4.72 Å². The smallest absolute Gasteiger partial charge is 0.338 e. The van der Waals surface area contributed by atoms with Crippen molar-refractivity contribution < 1.29 is 31.8 Å². The van der Waals surface area contributed by atoms with E-state index >= 15 is 0 Å². The van der Waals surface area contributed by atoms with E-state index in [1.54, 1.807) is 0 Å². The van der Waals surface area contributed by atoms with Crippen LogP contribution in [0.2, 0.25) is 5.02 Å². The molecular formula is C19H11ClF2N2O5S. The van der Waals surface area contributed by atoms with Gasteiger partial charge in [-0.2, -0.15) is 0 Å². The number of sulfonamides is 1. The van der Waals surface area contributed by atoms with E-state index in [0.717, 1.165) is 18.2 Å². The van der Waals surface area contributed by atoms with E-state index in [0.29, 0.717) is 11.6 Å². The first-order valence-corrected chi connectivity index (χ1v) is 10.2. The van der Waals surface area contributed by atoms with Crippen LogP contribution < -0.4 is 4.72 Å². The monoisotopic (exact) mass is 452 g/mol. The number of carbonyl (C=O) groups excluding carboxylic acids is 1. The fourth-order valence-electron chi connectivity index (χ4n) is 2.96. The number of pyridine rings is 1. The molecule has 154 valence electrons. The Bertz CT molecular complexity index is 1310. The molecule has 0 saturated carbocycles. The van der Waals surface area contributed by atoms with Crippen LogP contribution in [0.5, 0.6) is 5.75 Å². The zero-order valence-corrected chi connectivity index (χ0v) is 16.4. The molecule has 3 aromatic rings. The van der Waals surface area contributed by atoms with Gasteiger partial charge in [0.25, 0.3) is 10.0 Å². The minimum Gasteiger partial charge on any atom is -0.505 e. The summed E-state index contributed by atoms with van der Waals surface area (Å²) < 4.78 is 61.6. The van der Waals surface area contributed by atoms with Crippen LogP contribution in [-0.4, -0.2) is 24.5 Å². The third-order valence-electron chi connectivity index (χ3n) is 4.41. The third kappa shape index (κ3) is 3.44. The number of aromatic nitrogens is 1. The van der Waals surface area contributed by atoms with Crippen molar-refractivity contribution in [1.82, 2.24) is 4.98 Å². The summed E-state index contributed by atoms with van der Waals surface area (Å²) in [5, 5.41) is 9.68. The molecule has 1 aliphatic rings. The maximum Gasteiger partial charge on any atom is 0.338 e. The minimum absolute atomic E-state index is 0.143. The zero-order valence-electron chi connectivity index (χ0n) is 14.8. The van der Waals surface area contributed by atoms with Crippen LogP contribution in [0.3, 0.4) is 0 Å². The van der Waals surface area contributed by atoms with Gasteiger partial charge in [0.05, 0.1) is 16.3 Å². The van der Waals surface area contributed by atoms with E-state index in [-0.39, 0.29) is 23.3 Å². The van der Waals surface area contributed by atoms with Gasteiger partial charge in [0.1, 0.15) is 23.1 Å². The van der Waals surface area contributed by atoms with Crippen LogP contribution in [0.15, 0.2) is 47.6 Å². The summed E-state index contributed by atoms with van der Waals surface area (Å²) in [5.41, 5.74) is -0.448. The van der Waals surface area contributed by atoms with Gasteiger partial charge in [0.15, 0.2) is 5.75 Å². The van der Waals surface area contributed by atoms with Crippen LogP contribution in [-0.2, 0) is 21.4 Å². The molecule has 0 amide bonds. The van der Waals surface area contributed by atoms with Crippen LogP contribution in [0.1, 0.15) is 15.9 Å². The molecule has 7 nitrogen and oxygen atoms in total. The lowest BCUT2D eigenvalue weighted by Gasteiger charge is -2.14. The van der Waals surface area contributed by atoms with Gasteiger partial charge in [-0.1, -0.05) is 11.6 Å². The number of rotatable bonds is 0. The second-order valence-corrected chi connectivity index (χ2v) is 8.39. The third-order valence-corrected chi connectivity index (χ3v) is 6.07. The van der Waals surface area contributed by atoms with Crippen molar-refractivity contribution in [3.8, 4) is 16.9 Å². The van der Waals surface area contributed by atoms with E-state index in [1.165, 1.54) is 18.5 Å². The van der Waals surface area contributed by atoms with Crippen LogP contribution >= 0.6 is 11.6 Å².